The van der Waals surface area contributed by atoms with Crippen molar-refractivity contribution in [1.82, 2.24) is 19.4 Å². The van der Waals surface area contributed by atoms with Crippen LogP contribution in [0.1, 0.15) is 36.6 Å². The molecule has 2 aliphatic heterocycles. The van der Waals surface area contributed by atoms with Gasteiger partial charge in [0.15, 0.2) is 0 Å². The summed E-state index contributed by atoms with van der Waals surface area (Å²) in [4.78, 5) is 8.91. The molecule has 0 bridgehead atoms. The van der Waals surface area contributed by atoms with Crippen molar-refractivity contribution in [2.24, 2.45) is 11.5 Å². The predicted molar refractivity (Wildman–Crippen MR) is 147 cm³/mol. The van der Waals surface area contributed by atoms with Gasteiger partial charge in [-0.2, -0.15) is 13.2 Å². The molecule has 6 N–H and O–H groups in total. The fraction of sp³-hybridized carbons (Fsp3) is 0.444. The van der Waals surface area contributed by atoms with Gasteiger partial charge in [0.25, 0.3) is 0 Å². The molecule has 0 unspecified atom stereocenters. The third kappa shape index (κ3) is 7.59. The van der Waals surface area contributed by atoms with Crippen molar-refractivity contribution in [1.29, 1.82) is 10.8 Å². The molecule has 216 valence electrons. The molecular weight excluding hydrogens is 565 g/mol. The van der Waals surface area contributed by atoms with E-state index in [1.165, 1.54) is 19.3 Å². The Morgan fingerprint density at radius 3 is 2.39 bits per heavy atom. The van der Waals surface area contributed by atoms with Crippen LogP contribution in [-0.4, -0.2) is 71.2 Å². The Morgan fingerprint density at radius 1 is 1.17 bits per heavy atom. The Labute approximate surface area is 279 Å². The molecule has 9 nitrogen and oxygen atoms in total. The number of halogens is 4. The first-order valence-electron chi connectivity index (χ1n) is 13.1. The van der Waals surface area contributed by atoms with E-state index in [-0.39, 0.29) is 80.1 Å². The van der Waals surface area contributed by atoms with Gasteiger partial charge in [0.2, 0.25) is 0 Å². The minimum absolute atomic E-state index is 0. The van der Waals surface area contributed by atoms with E-state index in [1.54, 1.807) is 6.20 Å². The minimum Gasteiger partial charge on any atom is -0.494 e. The number of nitrogens with one attached hydrogen (secondary N) is 2. The van der Waals surface area contributed by atoms with E-state index >= 15 is 0 Å². The average Bonchev–Trinajstić information content (AvgIpc) is 3.34. The standard InChI is InChI=1S/C27H34F4N9.K/c1-36-24(34)23(19(14-32)15-33)25(35)39-9-5-17(6-10-39)26-37-22(16-40(26)12-11-38-7-2-8-38)18-3-4-21(28)20(13-18)27(29,30)31;/h3-4,13-17,32,35H,2,5-12,33-34H2,1H3;/q-1;+1/b19-15+,24-23-,32-14?,35-25?;. The van der Waals surface area contributed by atoms with Crippen molar-refractivity contribution >= 4 is 12.1 Å². The van der Waals surface area contributed by atoms with Gasteiger partial charge in [-0.05, 0) is 50.6 Å². The average molecular weight is 600 g/mol. The van der Waals surface area contributed by atoms with Gasteiger partial charge in [0, 0.05) is 67.4 Å². The van der Waals surface area contributed by atoms with Crippen LogP contribution in [0.4, 0.5) is 17.6 Å². The Balaban J connectivity index is 0.00000462. The summed E-state index contributed by atoms with van der Waals surface area (Å²) in [5.74, 6) is -0.320. The number of hydrogen-bond donors (Lipinski definition) is 4. The number of alkyl halides is 3. The van der Waals surface area contributed by atoms with Crippen LogP contribution in [0.2, 0.25) is 0 Å². The summed E-state index contributed by atoms with van der Waals surface area (Å²) in [5.41, 5.74) is 11.5. The van der Waals surface area contributed by atoms with E-state index in [4.69, 9.17) is 27.3 Å². The van der Waals surface area contributed by atoms with Crippen LogP contribution >= 0.6 is 0 Å². The molecule has 0 radical (unpaired) electrons. The number of likely N-dealkylation sites (tertiary alicyclic amines) is 2. The molecule has 0 saturated carbocycles. The number of piperidine rings is 1. The quantitative estimate of drug-likeness (QED) is 0.113. The predicted octanol–water partition coefficient (Wildman–Crippen LogP) is 1.24. The summed E-state index contributed by atoms with van der Waals surface area (Å²) in [7, 11) is 1.50. The maximum atomic E-state index is 13.9. The molecule has 0 atom stereocenters. The van der Waals surface area contributed by atoms with Gasteiger partial charge in [0.1, 0.15) is 17.5 Å². The number of hydrogen-bond acceptors (Lipinski definition) is 6. The second kappa shape index (κ2) is 14.3. The molecule has 2 fully saturated rings. The number of rotatable bonds is 9. The van der Waals surface area contributed by atoms with E-state index in [0.717, 1.165) is 50.2 Å². The van der Waals surface area contributed by atoms with Crippen molar-refractivity contribution in [3.8, 4) is 11.3 Å². The van der Waals surface area contributed by atoms with Gasteiger partial charge in [-0.3, -0.25) is 5.41 Å². The summed E-state index contributed by atoms with van der Waals surface area (Å²) in [6, 6.07) is 2.97. The van der Waals surface area contributed by atoms with Crippen LogP contribution in [0.25, 0.3) is 16.6 Å². The van der Waals surface area contributed by atoms with Crippen LogP contribution in [0.3, 0.4) is 0 Å². The Kier molecular flexibility index (Phi) is 11.6. The topological polar surface area (TPSA) is 138 Å². The van der Waals surface area contributed by atoms with Crippen LogP contribution in [0.15, 0.2) is 47.6 Å². The zero-order valence-electron chi connectivity index (χ0n) is 23.3. The molecule has 1 aromatic carbocycles. The van der Waals surface area contributed by atoms with E-state index in [0.29, 0.717) is 43.7 Å². The number of aromatic nitrogens is 2. The number of benzene rings is 1. The van der Waals surface area contributed by atoms with Gasteiger partial charge in [0.05, 0.1) is 11.3 Å². The van der Waals surface area contributed by atoms with Crippen molar-refractivity contribution in [3.05, 3.63) is 70.1 Å². The van der Waals surface area contributed by atoms with Gasteiger partial charge >= 0.3 is 57.6 Å². The Hall–Kier alpha value is -2.23. The van der Waals surface area contributed by atoms with Crippen molar-refractivity contribution in [2.45, 2.75) is 37.9 Å². The summed E-state index contributed by atoms with van der Waals surface area (Å²) >= 11 is 0. The molecule has 41 heavy (non-hydrogen) atoms. The molecule has 1 aromatic heterocycles. The molecule has 4 rings (SSSR count). The summed E-state index contributed by atoms with van der Waals surface area (Å²) in [6.45, 7) is 4.48. The molecule has 0 aliphatic carbocycles. The number of imidazole rings is 1. The first kappa shape index (κ1) is 33.3. The van der Waals surface area contributed by atoms with Crippen LogP contribution in [-0.2, 0) is 12.7 Å². The van der Waals surface area contributed by atoms with E-state index < -0.39 is 17.6 Å². The van der Waals surface area contributed by atoms with Gasteiger partial charge in [-0.15, -0.1) is 0 Å². The van der Waals surface area contributed by atoms with Crippen LogP contribution in [0, 0.1) is 16.6 Å². The first-order valence-corrected chi connectivity index (χ1v) is 13.1. The SMILES string of the molecule is C[N-]/C(N)=C(C(=N)N1CCC(c2nc(-c3ccc(F)c(C(F)(F)F)c3)cn2CCN2CCC2)CC1)/C(C=N)=C/N.[K+]. The fourth-order valence-electron chi connectivity index (χ4n) is 5.07. The normalized spacial score (nSPS) is 17.4. The van der Waals surface area contributed by atoms with Gasteiger partial charge in [-0.1, -0.05) is 12.9 Å². The van der Waals surface area contributed by atoms with E-state index in [1.807, 2.05) is 9.47 Å². The third-order valence-corrected chi connectivity index (χ3v) is 7.51. The second-order valence-electron chi connectivity index (χ2n) is 9.93. The maximum absolute atomic E-state index is 13.9. The molecule has 0 amide bonds. The van der Waals surface area contributed by atoms with Crippen molar-refractivity contribution in [3.63, 3.8) is 0 Å². The molecule has 2 aromatic rings. The number of nitrogens with zero attached hydrogens (tertiary/aromatic N) is 5. The first-order chi connectivity index (χ1) is 19.1. The number of nitrogens with two attached hydrogens (primary N) is 2. The molecule has 14 heteroatoms. The van der Waals surface area contributed by atoms with Crippen molar-refractivity contribution < 1.29 is 68.9 Å². The zero-order valence-corrected chi connectivity index (χ0v) is 26.4. The van der Waals surface area contributed by atoms with Crippen LogP contribution in [0.5, 0.6) is 0 Å². The largest absolute Gasteiger partial charge is 1.00 e. The monoisotopic (exact) mass is 599 g/mol. The molecule has 2 aliphatic rings. The molecule has 2 saturated heterocycles. The molecule has 0 spiro atoms. The van der Waals surface area contributed by atoms with Gasteiger partial charge < -0.3 is 36.6 Å². The molecule has 3 heterocycles. The molecular formula is C27H34F4KN9. The summed E-state index contributed by atoms with van der Waals surface area (Å²) in [6.07, 6.45) is 1.63. The maximum Gasteiger partial charge on any atom is 1.00 e. The van der Waals surface area contributed by atoms with Crippen molar-refractivity contribution in [2.75, 3.05) is 39.8 Å². The zero-order chi connectivity index (χ0) is 29.0. The Bertz CT molecular complexity index is 1310. The van der Waals surface area contributed by atoms with E-state index in [9.17, 15) is 17.6 Å². The van der Waals surface area contributed by atoms with Gasteiger partial charge in [-0.25, -0.2) is 9.37 Å². The fourth-order valence-corrected chi connectivity index (χ4v) is 5.07. The van der Waals surface area contributed by atoms with E-state index in [2.05, 4.69) is 10.2 Å². The summed E-state index contributed by atoms with van der Waals surface area (Å²) < 4.78 is 56.0. The second-order valence-corrected chi connectivity index (χ2v) is 9.93. The smallest absolute Gasteiger partial charge is 0.494 e. The number of amidine groups is 1. The summed E-state index contributed by atoms with van der Waals surface area (Å²) in [5, 5.41) is 20.4. The Morgan fingerprint density at radius 2 is 1.85 bits per heavy atom. The third-order valence-electron chi connectivity index (χ3n) is 7.51. The van der Waals surface area contributed by atoms with Crippen LogP contribution < -0.4 is 62.9 Å². The minimum atomic E-state index is -4.81.